The number of carbonyl (C=O) groups excluding carboxylic acids is 3. The third kappa shape index (κ3) is 10.3. The first-order valence-electron chi connectivity index (χ1n) is 17.9. The van der Waals surface area contributed by atoms with Gasteiger partial charge >= 0.3 is 11.9 Å². The number of aryl methyl sites for hydroxylation is 1. The number of pyridine rings is 1. The number of anilines is 1. The Balaban J connectivity index is 0.000000929. The molecule has 0 saturated carbocycles. The molecule has 0 radical (unpaired) electrons. The van der Waals surface area contributed by atoms with Gasteiger partial charge in [0.1, 0.15) is 6.29 Å². The molecule has 1 aromatic heterocycles. The Kier molecular flexibility index (Phi) is 14.6. The molecule has 9 nitrogen and oxygen atoms in total. The number of carbonyl (C=O) groups is 3. The second-order valence-electron chi connectivity index (χ2n) is 14.0. The molecule has 1 unspecified atom stereocenters. The van der Waals surface area contributed by atoms with Gasteiger partial charge in [-0.05, 0) is 121 Å². The van der Waals surface area contributed by atoms with E-state index in [0.717, 1.165) is 61.7 Å². The van der Waals surface area contributed by atoms with E-state index in [9.17, 15) is 14.4 Å². The third-order valence-electron chi connectivity index (χ3n) is 9.24. The Morgan fingerprint density at radius 2 is 1.67 bits per heavy atom. The van der Waals surface area contributed by atoms with Gasteiger partial charge in [0.05, 0.1) is 41.9 Å². The maximum absolute atomic E-state index is 13.6. The van der Waals surface area contributed by atoms with Crippen LogP contribution in [0.1, 0.15) is 95.0 Å². The van der Waals surface area contributed by atoms with Crippen molar-refractivity contribution in [3.63, 3.8) is 0 Å². The van der Waals surface area contributed by atoms with Gasteiger partial charge in [-0.1, -0.05) is 41.9 Å². The van der Waals surface area contributed by atoms with Gasteiger partial charge in [0.2, 0.25) is 0 Å². The Bertz CT molecular complexity index is 1860. The molecule has 0 amide bonds. The summed E-state index contributed by atoms with van der Waals surface area (Å²) >= 11 is 6.27. The van der Waals surface area contributed by atoms with Gasteiger partial charge < -0.3 is 24.8 Å². The van der Waals surface area contributed by atoms with Crippen LogP contribution in [-0.4, -0.2) is 56.2 Å². The van der Waals surface area contributed by atoms with E-state index >= 15 is 0 Å². The van der Waals surface area contributed by atoms with Crippen molar-refractivity contribution in [3.05, 3.63) is 98.5 Å². The van der Waals surface area contributed by atoms with Crippen LogP contribution in [0.5, 0.6) is 0 Å². The summed E-state index contributed by atoms with van der Waals surface area (Å²) in [5.74, 6) is -1.76. The average Bonchev–Trinajstić information content (AvgIpc) is 3.12. The summed E-state index contributed by atoms with van der Waals surface area (Å²) in [6, 6.07) is 13.3. The number of halogens is 1. The van der Waals surface area contributed by atoms with Crippen LogP contribution in [0.2, 0.25) is 5.02 Å². The maximum atomic E-state index is 13.6. The predicted molar refractivity (Wildman–Crippen MR) is 208 cm³/mol. The van der Waals surface area contributed by atoms with E-state index < -0.39 is 17.9 Å². The lowest BCUT2D eigenvalue weighted by molar-refractivity contribution is -0.139. The van der Waals surface area contributed by atoms with Gasteiger partial charge in [-0.2, -0.15) is 0 Å². The molecule has 278 valence electrons. The van der Waals surface area contributed by atoms with E-state index in [4.69, 9.17) is 30.8 Å². The van der Waals surface area contributed by atoms with Crippen LogP contribution in [-0.2, 0) is 41.4 Å². The van der Waals surface area contributed by atoms with Gasteiger partial charge in [0, 0.05) is 46.8 Å². The molecule has 1 aliphatic heterocycles. The number of aromatic nitrogens is 1. The molecule has 0 bridgehead atoms. The summed E-state index contributed by atoms with van der Waals surface area (Å²) in [6.45, 7) is 10.7. The molecule has 10 heteroatoms. The highest BCUT2D eigenvalue weighted by molar-refractivity contribution is 6.31. The summed E-state index contributed by atoms with van der Waals surface area (Å²) in [6.07, 6.45) is 10.5. The zero-order chi connectivity index (χ0) is 37.8. The lowest BCUT2D eigenvalue weighted by Crippen LogP contribution is -2.32. The highest BCUT2D eigenvalue weighted by Gasteiger charge is 2.38. The van der Waals surface area contributed by atoms with Crippen molar-refractivity contribution in [2.75, 3.05) is 32.7 Å². The van der Waals surface area contributed by atoms with E-state index in [1.165, 1.54) is 24.4 Å². The van der Waals surface area contributed by atoms with Crippen molar-refractivity contribution >= 4 is 52.5 Å². The minimum absolute atomic E-state index is 0.0417. The maximum Gasteiger partial charge on any atom is 0.336 e. The predicted octanol–water partition coefficient (Wildman–Crippen LogP) is 8.64. The topological polar surface area (TPSA) is 116 Å². The molecule has 5 rings (SSSR count). The van der Waals surface area contributed by atoms with E-state index in [1.807, 2.05) is 63.2 Å². The quantitative estimate of drug-likeness (QED) is 0.0818. The summed E-state index contributed by atoms with van der Waals surface area (Å²) in [7, 11) is 3.03. The molecule has 2 heterocycles. The van der Waals surface area contributed by atoms with Crippen LogP contribution in [0.4, 0.5) is 5.69 Å². The van der Waals surface area contributed by atoms with Crippen LogP contribution >= 0.6 is 11.6 Å². The van der Waals surface area contributed by atoms with Gasteiger partial charge in [-0.3, -0.25) is 9.78 Å². The van der Waals surface area contributed by atoms with Crippen LogP contribution in [0, 0.1) is 0 Å². The number of rotatable bonds is 12. The number of hydrogen-bond acceptors (Lipinski definition) is 9. The Hall–Kier alpha value is -4.47. The van der Waals surface area contributed by atoms with Crippen LogP contribution in [0.15, 0.2) is 71.1 Å². The SMILES string of the molecule is COC(=O)C1=C(C)NC(C)=C(C(=O)OCCCCCNc2c3c(nc4cc(Cl)ccc24)CCCC3)C1c1ccccc1/C=C/C=O.COC(C)(C)C. The van der Waals surface area contributed by atoms with Crippen molar-refractivity contribution < 1.29 is 28.6 Å². The first-order chi connectivity index (χ1) is 24.9. The molecule has 0 spiro atoms. The molecule has 1 aliphatic carbocycles. The Morgan fingerprint density at radius 3 is 2.37 bits per heavy atom. The number of methoxy groups -OCH3 is 2. The fraction of sp³-hybridized carbons (Fsp3) is 0.429. The molecular weight excluding hydrogens is 678 g/mol. The highest BCUT2D eigenvalue weighted by atomic mass is 35.5. The van der Waals surface area contributed by atoms with Gasteiger partial charge in [-0.25, -0.2) is 9.59 Å². The summed E-state index contributed by atoms with van der Waals surface area (Å²) in [5.41, 5.74) is 7.89. The zero-order valence-electron chi connectivity index (χ0n) is 31.5. The first-order valence-corrected chi connectivity index (χ1v) is 18.3. The number of aldehydes is 1. The highest BCUT2D eigenvalue weighted by Crippen LogP contribution is 2.41. The molecule has 52 heavy (non-hydrogen) atoms. The summed E-state index contributed by atoms with van der Waals surface area (Å²) in [4.78, 5) is 42.6. The number of dihydropyridines is 1. The van der Waals surface area contributed by atoms with Crippen molar-refractivity contribution in [3.8, 4) is 0 Å². The molecule has 2 N–H and O–H groups in total. The van der Waals surface area contributed by atoms with Crippen LogP contribution in [0.25, 0.3) is 17.0 Å². The number of fused-ring (bicyclic) bond motifs is 2. The molecular formula is C42H52ClN3O6. The first kappa shape index (κ1) is 40.3. The van der Waals surface area contributed by atoms with Gasteiger partial charge in [0.15, 0.2) is 0 Å². The number of allylic oxidation sites excluding steroid dienone is 3. The lowest BCUT2D eigenvalue weighted by Gasteiger charge is -2.31. The lowest BCUT2D eigenvalue weighted by atomic mass is 9.78. The van der Waals surface area contributed by atoms with Crippen molar-refractivity contribution in [2.24, 2.45) is 0 Å². The largest absolute Gasteiger partial charge is 0.466 e. The minimum atomic E-state index is -0.728. The second kappa shape index (κ2) is 18.9. The number of nitrogens with one attached hydrogen (secondary N) is 2. The van der Waals surface area contributed by atoms with Crippen molar-refractivity contribution in [1.29, 1.82) is 0 Å². The van der Waals surface area contributed by atoms with E-state index in [-0.39, 0.29) is 12.2 Å². The number of hydrogen-bond donors (Lipinski definition) is 2. The van der Waals surface area contributed by atoms with Gasteiger partial charge in [-0.15, -0.1) is 0 Å². The number of esters is 2. The molecule has 1 atom stereocenters. The smallest absolute Gasteiger partial charge is 0.336 e. The number of ether oxygens (including phenoxy) is 3. The zero-order valence-corrected chi connectivity index (χ0v) is 32.2. The average molecular weight is 730 g/mol. The fourth-order valence-electron chi connectivity index (χ4n) is 6.49. The van der Waals surface area contributed by atoms with Crippen LogP contribution in [0.3, 0.4) is 0 Å². The third-order valence-corrected chi connectivity index (χ3v) is 9.48. The minimum Gasteiger partial charge on any atom is -0.466 e. The Labute approximate surface area is 312 Å². The molecule has 2 aliphatic rings. The second-order valence-corrected chi connectivity index (χ2v) is 14.4. The normalized spacial score (nSPS) is 15.8. The van der Waals surface area contributed by atoms with Gasteiger partial charge in [0.25, 0.3) is 0 Å². The number of nitrogens with zero attached hydrogens (tertiary/aromatic N) is 1. The van der Waals surface area contributed by atoms with E-state index in [1.54, 1.807) is 27.0 Å². The number of unbranched alkanes of at least 4 members (excludes halogenated alkanes) is 2. The molecule has 3 aromatic rings. The van der Waals surface area contributed by atoms with E-state index in [2.05, 4.69) is 10.6 Å². The number of benzene rings is 2. The monoisotopic (exact) mass is 729 g/mol. The fourth-order valence-corrected chi connectivity index (χ4v) is 6.65. The summed E-state index contributed by atoms with van der Waals surface area (Å²) < 4.78 is 15.9. The standard InChI is InChI=1S/C37H40ClN3O5.C5H12O/c1-23-32(36(43)45-3)34(27-14-6-5-12-25(27)13-11-20-42)33(24(2)40-23)37(44)46-21-10-4-9-19-39-35-28-15-7-8-16-30(28)41-31-22-26(38)17-18-29(31)35;1-5(2,3)6-4/h5-6,11-14,17-18,20,22,34,40H,4,7-10,15-16,19,21H2,1-3H3,(H,39,41);1-4H3/b13-11+;. The van der Waals surface area contributed by atoms with Crippen molar-refractivity contribution in [1.82, 2.24) is 10.3 Å². The molecule has 0 saturated heterocycles. The van der Waals surface area contributed by atoms with Crippen LogP contribution < -0.4 is 10.6 Å². The van der Waals surface area contributed by atoms with E-state index in [0.29, 0.717) is 51.4 Å². The Morgan fingerprint density at radius 1 is 0.981 bits per heavy atom. The van der Waals surface area contributed by atoms with Crippen molar-refractivity contribution in [2.45, 2.75) is 91.1 Å². The molecule has 2 aromatic carbocycles. The summed E-state index contributed by atoms with van der Waals surface area (Å²) in [5, 5.41) is 8.63. The molecule has 0 fully saturated rings.